The normalized spacial score (nSPS) is 15.5. The molecule has 0 radical (unpaired) electrons. The second kappa shape index (κ2) is 30.5. The number of fused-ring (bicyclic) bond motifs is 2. The molecule has 80 heavy (non-hydrogen) atoms. The summed E-state index contributed by atoms with van der Waals surface area (Å²) in [5.41, 5.74) is 10.4. The molecule has 4 aromatic rings. The van der Waals surface area contributed by atoms with Crippen LogP contribution in [0.1, 0.15) is 215 Å². The lowest BCUT2D eigenvalue weighted by Gasteiger charge is -2.25. The molecule has 4 aliphatic rings. The standard InChI is InChI=1S/C70H86Br2N4O4/c1-5-9-13-17-21-25-47-73-63(59-61(69(73)79)65(55-39-43-57(71)44-40-55)75(67(59)77)49-27-23-19-15-11-7-3)53-35-31-51(32-36-53)29-30-52-33-37-54(38-34-52)64-60-62(70(80)74(64)48-26-22-18-14-10-6-2)66(56-41-45-58(72)46-42-56)76(68(60)78)50-28-24-20-16-12-8-4/h29-46H,5-28,47-50H2,1-4H3/b30-29+. The quantitative estimate of drug-likeness (QED) is 0.0345. The summed E-state index contributed by atoms with van der Waals surface area (Å²) in [6.45, 7) is 11.2. The van der Waals surface area contributed by atoms with Gasteiger partial charge in [-0.2, -0.15) is 0 Å². The minimum Gasteiger partial charge on any atom is -0.307 e. The average Bonchev–Trinajstić information content (AvgIpc) is 4.25. The summed E-state index contributed by atoms with van der Waals surface area (Å²) < 4.78 is 1.90. The van der Waals surface area contributed by atoms with Gasteiger partial charge in [0, 0.05) is 35.1 Å². The smallest absolute Gasteiger partial charge is 0.261 e. The van der Waals surface area contributed by atoms with Crippen LogP contribution in [0, 0.1) is 0 Å². The number of rotatable bonds is 34. The van der Waals surface area contributed by atoms with Gasteiger partial charge in [-0.05, 0) is 83.3 Å². The van der Waals surface area contributed by atoms with Crippen molar-refractivity contribution >= 4 is 90.4 Å². The molecule has 8 rings (SSSR count). The fraction of sp³-hybridized carbons (Fsp3) is 0.457. The van der Waals surface area contributed by atoms with Crippen molar-refractivity contribution in [2.45, 2.75) is 182 Å². The molecular weight excluding hydrogens is 1120 g/mol. The Bertz CT molecular complexity index is 2730. The van der Waals surface area contributed by atoms with E-state index < -0.39 is 0 Å². The summed E-state index contributed by atoms with van der Waals surface area (Å²) in [7, 11) is 0. The van der Waals surface area contributed by atoms with Gasteiger partial charge in [0.1, 0.15) is 0 Å². The summed E-state index contributed by atoms with van der Waals surface area (Å²) in [5.74, 6) is -0.345. The molecule has 0 fully saturated rings. The van der Waals surface area contributed by atoms with Crippen molar-refractivity contribution in [2.75, 3.05) is 26.2 Å². The van der Waals surface area contributed by atoms with Crippen LogP contribution in [0.2, 0.25) is 0 Å². The topological polar surface area (TPSA) is 81.2 Å². The molecule has 0 N–H and O–H groups in total. The molecule has 0 unspecified atom stereocenters. The second-order valence-corrected chi connectivity index (χ2v) is 24.2. The molecule has 424 valence electrons. The lowest BCUT2D eigenvalue weighted by molar-refractivity contribution is -0.124. The number of halogens is 2. The van der Waals surface area contributed by atoms with Gasteiger partial charge in [0.05, 0.1) is 45.1 Å². The Morgan fingerprint density at radius 3 is 0.713 bits per heavy atom. The third-order valence-corrected chi connectivity index (χ3v) is 17.4. The fourth-order valence-electron chi connectivity index (χ4n) is 12.0. The molecule has 0 bridgehead atoms. The van der Waals surface area contributed by atoms with Crippen molar-refractivity contribution in [3.63, 3.8) is 0 Å². The molecule has 0 aromatic heterocycles. The highest BCUT2D eigenvalue weighted by atomic mass is 79.9. The zero-order valence-electron chi connectivity index (χ0n) is 48.4. The van der Waals surface area contributed by atoms with E-state index >= 15 is 0 Å². The van der Waals surface area contributed by atoms with Crippen LogP contribution in [-0.4, -0.2) is 69.4 Å². The molecule has 8 nitrogen and oxygen atoms in total. The fourth-order valence-corrected chi connectivity index (χ4v) is 12.5. The third-order valence-electron chi connectivity index (χ3n) is 16.4. The number of carbonyl (C=O) groups excluding carboxylic acids is 4. The SMILES string of the molecule is CCCCCCCCN1C(=O)C2=C(c3ccc(/C=C/c4ccc(C5=C6C(=O)N(CCCCCCCC)C(c7ccc(Br)cc7)=C6C(=O)N5CCCCCCCC)cc4)cc3)N(CCCCCCCC)C(=O)C2=C1c1ccc(Br)cc1. The first-order valence-electron chi connectivity index (χ1n) is 30.8. The zero-order valence-corrected chi connectivity index (χ0v) is 51.5. The Balaban J connectivity index is 1.08. The van der Waals surface area contributed by atoms with Crippen LogP contribution in [0.25, 0.3) is 34.9 Å². The van der Waals surface area contributed by atoms with Crippen LogP contribution in [0.15, 0.2) is 128 Å². The molecular formula is C70H86Br2N4O4. The maximum Gasteiger partial charge on any atom is 0.261 e. The van der Waals surface area contributed by atoms with Gasteiger partial charge in [-0.3, -0.25) is 19.2 Å². The van der Waals surface area contributed by atoms with Crippen molar-refractivity contribution in [1.29, 1.82) is 0 Å². The van der Waals surface area contributed by atoms with Crippen LogP contribution in [0.3, 0.4) is 0 Å². The lowest BCUT2D eigenvalue weighted by Crippen LogP contribution is -2.31. The van der Waals surface area contributed by atoms with Crippen LogP contribution in [0.4, 0.5) is 0 Å². The highest BCUT2D eigenvalue weighted by Crippen LogP contribution is 2.49. The zero-order chi connectivity index (χ0) is 56.4. The minimum atomic E-state index is -0.0863. The van der Waals surface area contributed by atoms with Gasteiger partial charge in [0.2, 0.25) is 0 Å². The van der Waals surface area contributed by atoms with Crippen LogP contribution < -0.4 is 0 Å². The van der Waals surface area contributed by atoms with E-state index in [0.29, 0.717) is 59.9 Å². The Morgan fingerprint density at radius 2 is 0.487 bits per heavy atom. The summed E-state index contributed by atoms with van der Waals surface area (Å²) in [4.78, 5) is 67.2. The largest absolute Gasteiger partial charge is 0.307 e. The van der Waals surface area contributed by atoms with Crippen molar-refractivity contribution in [2.24, 2.45) is 0 Å². The van der Waals surface area contributed by atoms with Gasteiger partial charge in [0.15, 0.2) is 0 Å². The molecule has 4 amide bonds. The Kier molecular flexibility index (Phi) is 23.0. The average molecular weight is 1210 g/mol. The van der Waals surface area contributed by atoms with E-state index in [0.717, 1.165) is 131 Å². The molecule has 0 saturated carbocycles. The Labute approximate surface area is 495 Å². The van der Waals surface area contributed by atoms with E-state index in [-0.39, 0.29) is 23.6 Å². The van der Waals surface area contributed by atoms with Crippen LogP contribution >= 0.6 is 31.9 Å². The first-order chi connectivity index (χ1) is 39.1. The van der Waals surface area contributed by atoms with Gasteiger partial charge in [-0.15, -0.1) is 0 Å². The number of hydrogen-bond donors (Lipinski definition) is 0. The summed E-state index contributed by atoms with van der Waals surface area (Å²) in [6.07, 6.45) is 30.7. The number of unbranched alkanes of at least 4 members (excludes halogenated alkanes) is 20. The monoisotopic (exact) mass is 1200 g/mol. The Hall–Kier alpha value is -5.58. The number of hydrogen-bond acceptors (Lipinski definition) is 4. The first-order valence-corrected chi connectivity index (χ1v) is 32.4. The van der Waals surface area contributed by atoms with E-state index in [4.69, 9.17) is 0 Å². The summed E-state index contributed by atoms with van der Waals surface area (Å²) >= 11 is 7.21. The molecule has 4 heterocycles. The summed E-state index contributed by atoms with van der Waals surface area (Å²) in [6, 6.07) is 32.6. The summed E-state index contributed by atoms with van der Waals surface area (Å²) in [5, 5.41) is 0. The maximum atomic E-state index is 14.9. The van der Waals surface area contributed by atoms with Crippen LogP contribution in [-0.2, 0) is 19.2 Å². The number of amides is 4. The van der Waals surface area contributed by atoms with Crippen molar-refractivity contribution < 1.29 is 19.2 Å². The predicted octanol–water partition coefficient (Wildman–Crippen LogP) is 18.4. The van der Waals surface area contributed by atoms with Gasteiger partial charge in [0.25, 0.3) is 23.6 Å². The van der Waals surface area contributed by atoms with E-state index in [2.05, 4.69) is 120 Å². The number of carbonyl (C=O) groups is 4. The van der Waals surface area contributed by atoms with Gasteiger partial charge >= 0.3 is 0 Å². The van der Waals surface area contributed by atoms with E-state index in [1.165, 1.54) is 77.0 Å². The van der Waals surface area contributed by atoms with Crippen molar-refractivity contribution in [3.8, 4) is 0 Å². The predicted molar refractivity (Wildman–Crippen MR) is 338 cm³/mol. The minimum absolute atomic E-state index is 0.0863. The maximum absolute atomic E-state index is 14.9. The molecule has 4 aliphatic heterocycles. The Morgan fingerprint density at radius 1 is 0.287 bits per heavy atom. The van der Waals surface area contributed by atoms with Crippen molar-refractivity contribution in [3.05, 3.63) is 162 Å². The molecule has 0 aliphatic carbocycles. The van der Waals surface area contributed by atoms with Gasteiger partial charge in [-0.25, -0.2) is 0 Å². The van der Waals surface area contributed by atoms with E-state index in [9.17, 15) is 19.2 Å². The number of benzene rings is 4. The van der Waals surface area contributed by atoms with Crippen LogP contribution in [0.5, 0.6) is 0 Å². The van der Waals surface area contributed by atoms with Gasteiger partial charge in [-0.1, -0.05) is 273 Å². The van der Waals surface area contributed by atoms with Crippen molar-refractivity contribution in [1.82, 2.24) is 19.6 Å². The third kappa shape index (κ3) is 14.5. The highest BCUT2D eigenvalue weighted by molar-refractivity contribution is 9.10. The highest BCUT2D eigenvalue weighted by Gasteiger charge is 2.50. The number of nitrogens with zero attached hydrogens (tertiary/aromatic N) is 4. The molecule has 0 saturated heterocycles. The molecule has 10 heteroatoms. The van der Waals surface area contributed by atoms with E-state index in [1.807, 2.05) is 68.1 Å². The van der Waals surface area contributed by atoms with E-state index in [1.54, 1.807) is 0 Å². The first kappa shape index (κ1) is 60.5. The molecule has 4 aromatic carbocycles. The van der Waals surface area contributed by atoms with Gasteiger partial charge < -0.3 is 19.6 Å². The second-order valence-electron chi connectivity index (χ2n) is 22.4. The molecule has 0 atom stereocenters. The molecule has 0 spiro atoms. The lowest BCUT2D eigenvalue weighted by atomic mass is 10.0.